The van der Waals surface area contributed by atoms with Crippen molar-refractivity contribution >= 4 is 30.1 Å². The van der Waals surface area contributed by atoms with Crippen LogP contribution < -0.4 is 5.73 Å². The Morgan fingerprint density at radius 2 is 2.04 bits per heavy atom. The molecule has 1 heterocycles. The topological polar surface area (TPSA) is 46.3 Å². The number of amides is 1. The molecule has 0 aromatic heterocycles. The molecule has 1 saturated heterocycles. The first-order valence-corrected chi connectivity index (χ1v) is 8.71. The van der Waals surface area contributed by atoms with E-state index in [0.29, 0.717) is 5.75 Å². The van der Waals surface area contributed by atoms with Gasteiger partial charge in [0, 0.05) is 35.7 Å². The van der Waals surface area contributed by atoms with E-state index in [1.54, 1.807) is 23.9 Å². The number of carbonyl (C=O) groups is 1. The lowest BCUT2D eigenvalue weighted by Gasteiger charge is -2.43. The van der Waals surface area contributed by atoms with Gasteiger partial charge in [-0.3, -0.25) is 4.79 Å². The van der Waals surface area contributed by atoms with Crippen molar-refractivity contribution in [3.05, 3.63) is 30.1 Å². The Labute approximate surface area is 148 Å². The summed E-state index contributed by atoms with van der Waals surface area (Å²) in [5.74, 6) is 0.600. The van der Waals surface area contributed by atoms with Gasteiger partial charge in [0.1, 0.15) is 5.82 Å². The molecule has 0 radical (unpaired) electrons. The fraction of sp³-hybridized carbons (Fsp3) is 0.588. The zero-order chi connectivity index (χ0) is 16.3. The van der Waals surface area contributed by atoms with E-state index in [1.807, 2.05) is 11.8 Å². The van der Waals surface area contributed by atoms with Gasteiger partial charge in [-0.05, 0) is 36.1 Å². The van der Waals surface area contributed by atoms with Gasteiger partial charge in [-0.15, -0.1) is 24.2 Å². The molecule has 2 rings (SSSR count). The fourth-order valence-corrected chi connectivity index (χ4v) is 3.61. The Hall–Kier alpha value is -0.780. The van der Waals surface area contributed by atoms with E-state index < -0.39 is 0 Å². The minimum absolute atomic E-state index is 0. The van der Waals surface area contributed by atoms with Gasteiger partial charge in [0.25, 0.3) is 0 Å². The highest BCUT2D eigenvalue weighted by Crippen LogP contribution is 2.29. The average molecular weight is 361 g/mol. The first-order valence-electron chi connectivity index (χ1n) is 7.72. The molecule has 3 nitrogen and oxygen atoms in total. The van der Waals surface area contributed by atoms with Gasteiger partial charge in [-0.25, -0.2) is 4.39 Å². The Kier molecular flexibility index (Phi) is 7.36. The molecule has 0 bridgehead atoms. The molecule has 2 unspecified atom stereocenters. The van der Waals surface area contributed by atoms with Crippen molar-refractivity contribution in [2.75, 3.05) is 18.8 Å². The highest BCUT2D eigenvalue weighted by atomic mass is 35.5. The van der Waals surface area contributed by atoms with Crippen LogP contribution in [-0.4, -0.2) is 35.7 Å². The lowest BCUT2D eigenvalue weighted by atomic mass is 9.79. The monoisotopic (exact) mass is 360 g/mol. The molecule has 0 aliphatic carbocycles. The van der Waals surface area contributed by atoms with Gasteiger partial charge in [0.05, 0.1) is 0 Å². The highest BCUT2D eigenvalue weighted by Gasteiger charge is 2.36. The smallest absolute Gasteiger partial charge is 0.226 e. The van der Waals surface area contributed by atoms with E-state index in [1.165, 1.54) is 12.1 Å². The van der Waals surface area contributed by atoms with E-state index in [4.69, 9.17) is 5.73 Å². The molecule has 23 heavy (non-hydrogen) atoms. The maximum Gasteiger partial charge on any atom is 0.226 e. The molecule has 1 aromatic rings. The molecule has 2 atom stereocenters. The number of hydrogen-bond acceptors (Lipinski definition) is 3. The first-order chi connectivity index (χ1) is 10.3. The SMILES string of the molecule is CC(CSc1ccc(F)cc1)C(=O)N1CCC(N)C(C)(C)C1.Cl. The zero-order valence-electron chi connectivity index (χ0n) is 13.9. The maximum absolute atomic E-state index is 12.9. The Bertz CT molecular complexity index is 524. The predicted octanol–water partition coefficient (Wildman–Crippen LogP) is 3.56. The third-order valence-corrected chi connectivity index (χ3v) is 5.63. The second kappa shape index (κ2) is 8.36. The Morgan fingerprint density at radius 3 is 2.61 bits per heavy atom. The normalized spacial score (nSPS) is 21.4. The second-order valence-corrected chi connectivity index (χ2v) is 7.90. The van der Waals surface area contributed by atoms with E-state index in [2.05, 4.69) is 13.8 Å². The molecule has 1 aliphatic rings. The standard InChI is InChI=1S/C17H25FN2OS.ClH/c1-12(10-22-14-6-4-13(18)5-7-14)16(21)20-9-8-15(19)17(2,3)11-20;/h4-7,12,15H,8-11,19H2,1-3H3;1H. The third kappa shape index (κ3) is 5.37. The number of halogens is 2. The van der Waals surface area contributed by atoms with Crippen molar-refractivity contribution in [1.29, 1.82) is 0 Å². The lowest BCUT2D eigenvalue weighted by molar-refractivity contribution is -0.137. The van der Waals surface area contributed by atoms with Gasteiger partial charge in [-0.2, -0.15) is 0 Å². The van der Waals surface area contributed by atoms with Crippen LogP contribution in [0.4, 0.5) is 4.39 Å². The van der Waals surface area contributed by atoms with Crippen molar-refractivity contribution in [2.24, 2.45) is 17.1 Å². The van der Waals surface area contributed by atoms with Crippen molar-refractivity contribution in [1.82, 2.24) is 4.90 Å². The van der Waals surface area contributed by atoms with Crippen LogP contribution in [-0.2, 0) is 4.79 Å². The summed E-state index contributed by atoms with van der Waals surface area (Å²) in [4.78, 5) is 15.5. The van der Waals surface area contributed by atoms with Crippen LogP contribution in [0, 0.1) is 17.2 Å². The lowest BCUT2D eigenvalue weighted by Crippen LogP contribution is -2.55. The molecule has 1 amide bonds. The van der Waals surface area contributed by atoms with Gasteiger partial charge in [0.2, 0.25) is 5.91 Å². The van der Waals surface area contributed by atoms with Gasteiger partial charge in [0.15, 0.2) is 0 Å². The number of rotatable bonds is 4. The molecule has 1 aromatic carbocycles. The number of nitrogens with zero attached hydrogens (tertiary/aromatic N) is 1. The minimum Gasteiger partial charge on any atom is -0.342 e. The Balaban J connectivity index is 0.00000264. The van der Waals surface area contributed by atoms with Crippen molar-refractivity contribution in [3.63, 3.8) is 0 Å². The number of piperidine rings is 1. The number of benzene rings is 1. The number of likely N-dealkylation sites (tertiary alicyclic amines) is 1. The maximum atomic E-state index is 12.9. The van der Waals surface area contributed by atoms with E-state index in [0.717, 1.165) is 24.4 Å². The third-order valence-electron chi connectivity index (χ3n) is 4.36. The zero-order valence-corrected chi connectivity index (χ0v) is 15.6. The molecule has 2 N–H and O–H groups in total. The molecular weight excluding hydrogens is 335 g/mol. The number of thioether (sulfide) groups is 1. The number of hydrogen-bond donors (Lipinski definition) is 1. The average Bonchev–Trinajstić information content (AvgIpc) is 2.48. The van der Waals surface area contributed by atoms with E-state index in [-0.39, 0.29) is 41.5 Å². The summed E-state index contributed by atoms with van der Waals surface area (Å²) >= 11 is 1.59. The molecular formula is C17H26ClFN2OS. The highest BCUT2D eigenvalue weighted by molar-refractivity contribution is 7.99. The van der Waals surface area contributed by atoms with Crippen LogP contribution in [0.5, 0.6) is 0 Å². The minimum atomic E-state index is -0.236. The van der Waals surface area contributed by atoms with Gasteiger partial charge >= 0.3 is 0 Å². The number of nitrogens with two attached hydrogens (primary N) is 1. The van der Waals surface area contributed by atoms with Crippen LogP contribution in [0.2, 0.25) is 0 Å². The van der Waals surface area contributed by atoms with Crippen LogP contribution in [0.3, 0.4) is 0 Å². The molecule has 0 spiro atoms. The van der Waals surface area contributed by atoms with E-state index in [9.17, 15) is 9.18 Å². The number of carbonyl (C=O) groups excluding carboxylic acids is 1. The molecule has 1 aliphatic heterocycles. The molecule has 6 heteroatoms. The summed E-state index contributed by atoms with van der Waals surface area (Å²) in [6.07, 6.45) is 0.858. The van der Waals surface area contributed by atoms with Crippen LogP contribution in [0.15, 0.2) is 29.2 Å². The fourth-order valence-electron chi connectivity index (χ4n) is 2.70. The molecule has 0 saturated carbocycles. The predicted molar refractivity (Wildman–Crippen MR) is 96.5 cm³/mol. The van der Waals surface area contributed by atoms with Crippen LogP contribution in [0.25, 0.3) is 0 Å². The van der Waals surface area contributed by atoms with Gasteiger partial charge < -0.3 is 10.6 Å². The van der Waals surface area contributed by atoms with Gasteiger partial charge in [-0.1, -0.05) is 20.8 Å². The summed E-state index contributed by atoms with van der Waals surface area (Å²) in [5, 5.41) is 0. The summed E-state index contributed by atoms with van der Waals surface area (Å²) in [6.45, 7) is 7.66. The van der Waals surface area contributed by atoms with Crippen molar-refractivity contribution < 1.29 is 9.18 Å². The summed E-state index contributed by atoms with van der Waals surface area (Å²) in [5.41, 5.74) is 6.10. The summed E-state index contributed by atoms with van der Waals surface area (Å²) < 4.78 is 12.9. The Morgan fingerprint density at radius 1 is 1.43 bits per heavy atom. The largest absolute Gasteiger partial charge is 0.342 e. The molecule has 130 valence electrons. The van der Waals surface area contributed by atoms with E-state index >= 15 is 0 Å². The van der Waals surface area contributed by atoms with Crippen LogP contribution >= 0.6 is 24.2 Å². The van der Waals surface area contributed by atoms with Crippen molar-refractivity contribution in [2.45, 2.75) is 38.1 Å². The van der Waals surface area contributed by atoms with Crippen LogP contribution in [0.1, 0.15) is 27.2 Å². The summed E-state index contributed by atoms with van der Waals surface area (Å²) in [7, 11) is 0. The molecule has 1 fully saturated rings. The second-order valence-electron chi connectivity index (χ2n) is 6.81. The first kappa shape index (κ1) is 20.3. The summed E-state index contributed by atoms with van der Waals surface area (Å²) in [6, 6.07) is 6.55. The van der Waals surface area contributed by atoms with Crippen molar-refractivity contribution in [3.8, 4) is 0 Å². The quantitative estimate of drug-likeness (QED) is 0.835.